The molecule has 2 aliphatic heterocycles. The zero-order chi connectivity index (χ0) is 19.8. The van der Waals surface area contributed by atoms with Crippen LogP contribution in [0.1, 0.15) is 27.2 Å². The fraction of sp³-hybridized carbons (Fsp3) is 0.750. The molecule has 1 aromatic heterocycles. The lowest BCUT2D eigenvalue weighted by Crippen LogP contribution is -2.51. The van der Waals surface area contributed by atoms with Crippen LogP contribution in [0.2, 0.25) is 0 Å². The molecule has 0 aromatic carbocycles. The van der Waals surface area contributed by atoms with E-state index in [0.717, 1.165) is 77.2 Å². The summed E-state index contributed by atoms with van der Waals surface area (Å²) >= 11 is 2.06. The van der Waals surface area contributed by atoms with Crippen molar-refractivity contribution in [1.82, 2.24) is 25.1 Å². The summed E-state index contributed by atoms with van der Waals surface area (Å²) in [5.41, 5.74) is 0. The summed E-state index contributed by atoms with van der Waals surface area (Å²) in [5.74, 6) is 3.11. The van der Waals surface area contributed by atoms with Crippen LogP contribution in [0, 0.1) is 0 Å². The monoisotopic (exact) mass is 405 g/mol. The zero-order valence-electron chi connectivity index (χ0n) is 17.6. The SMILES string of the molecule is CCNC(=NCCCN1CCN(c2ncccn2)CC1)N1CCSC(C)(C)C1. The quantitative estimate of drug-likeness (QED) is 0.440. The number of thioether (sulfide) groups is 1. The summed E-state index contributed by atoms with van der Waals surface area (Å²) in [4.78, 5) is 20.9. The molecule has 28 heavy (non-hydrogen) atoms. The molecule has 2 saturated heterocycles. The fourth-order valence-corrected chi connectivity index (χ4v) is 4.84. The third kappa shape index (κ3) is 6.24. The second kappa shape index (κ2) is 10.3. The highest BCUT2D eigenvalue weighted by atomic mass is 32.2. The van der Waals surface area contributed by atoms with Gasteiger partial charge in [0.15, 0.2) is 5.96 Å². The Hall–Kier alpha value is -1.54. The number of rotatable bonds is 6. The van der Waals surface area contributed by atoms with Crippen molar-refractivity contribution in [3.05, 3.63) is 18.5 Å². The zero-order valence-corrected chi connectivity index (χ0v) is 18.4. The lowest BCUT2D eigenvalue weighted by Gasteiger charge is -2.39. The Labute approximate surface area is 174 Å². The molecule has 0 radical (unpaired) electrons. The van der Waals surface area contributed by atoms with Gasteiger partial charge in [-0.3, -0.25) is 9.89 Å². The van der Waals surface area contributed by atoms with E-state index in [2.05, 4.69) is 62.5 Å². The van der Waals surface area contributed by atoms with Gasteiger partial charge < -0.3 is 15.1 Å². The number of hydrogen-bond donors (Lipinski definition) is 1. The van der Waals surface area contributed by atoms with E-state index < -0.39 is 0 Å². The van der Waals surface area contributed by atoms with Crippen LogP contribution in [0.15, 0.2) is 23.5 Å². The van der Waals surface area contributed by atoms with E-state index in [1.807, 2.05) is 18.5 Å². The van der Waals surface area contributed by atoms with Crippen molar-refractivity contribution in [2.24, 2.45) is 4.99 Å². The van der Waals surface area contributed by atoms with Crippen LogP contribution in [0.25, 0.3) is 0 Å². The second-order valence-corrected chi connectivity index (χ2v) is 9.80. The topological polar surface area (TPSA) is 59.9 Å². The highest BCUT2D eigenvalue weighted by Crippen LogP contribution is 2.29. The third-order valence-corrected chi connectivity index (χ3v) is 6.46. The van der Waals surface area contributed by atoms with E-state index in [1.165, 1.54) is 5.75 Å². The molecule has 8 heteroatoms. The first-order valence-corrected chi connectivity index (χ1v) is 11.5. The number of aliphatic imine (C=N–C) groups is 1. The van der Waals surface area contributed by atoms with Crippen molar-refractivity contribution in [3.63, 3.8) is 0 Å². The van der Waals surface area contributed by atoms with E-state index in [4.69, 9.17) is 4.99 Å². The van der Waals surface area contributed by atoms with Crippen LogP contribution in [-0.4, -0.2) is 95.1 Å². The molecule has 7 nitrogen and oxygen atoms in total. The summed E-state index contributed by atoms with van der Waals surface area (Å²) in [6, 6.07) is 1.87. The van der Waals surface area contributed by atoms with Crippen LogP contribution in [-0.2, 0) is 0 Å². The molecule has 2 fully saturated rings. The van der Waals surface area contributed by atoms with Gasteiger partial charge in [0, 0.05) is 81.8 Å². The summed E-state index contributed by atoms with van der Waals surface area (Å²) in [7, 11) is 0. The van der Waals surface area contributed by atoms with E-state index >= 15 is 0 Å². The van der Waals surface area contributed by atoms with Gasteiger partial charge in [-0.05, 0) is 33.3 Å². The van der Waals surface area contributed by atoms with E-state index in [-0.39, 0.29) is 0 Å². The van der Waals surface area contributed by atoms with Gasteiger partial charge in [0.25, 0.3) is 0 Å². The number of hydrogen-bond acceptors (Lipinski definition) is 6. The van der Waals surface area contributed by atoms with Gasteiger partial charge in [0.2, 0.25) is 5.95 Å². The predicted octanol–water partition coefficient (Wildman–Crippen LogP) is 1.78. The number of anilines is 1. The minimum atomic E-state index is 0.302. The molecule has 2 aliphatic rings. The first kappa shape index (κ1) is 21.2. The van der Waals surface area contributed by atoms with Gasteiger partial charge in [-0.2, -0.15) is 11.8 Å². The van der Waals surface area contributed by atoms with E-state index in [9.17, 15) is 0 Å². The molecule has 0 aliphatic carbocycles. The first-order chi connectivity index (χ1) is 13.6. The van der Waals surface area contributed by atoms with Gasteiger partial charge in [-0.25, -0.2) is 9.97 Å². The maximum atomic E-state index is 4.91. The van der Waals surface area contributed by atoms with Gasteiger partial charge in [0.1, 0.15) is 0 Å². The van der Waals surface area contributed by atoms with E-state index in [0.29, 0.717) is 4.75 Å². The van der Waals surface area contributed by atoms with Gasteiger partial charge in [0.05, 0.1) is 0 Å². The summed E-state index contributed by atoms with van der Waals surface area (Å²) in [5, 5.41) is 3.49. The average molecular weight is 406 g/mol. The molecule has 0 saturated carbocycles. The van der Waals surface area contributed by atoms with E-state index in [1.54, 1.807) is 0 Å². The van der Waals surface area contributed by atoms with Crippen LogP contribution in [0.3, 0.4) is 0 Å². The van der Waals surface area contributed by atoms with Gasteiger partial charge in [-0.15, -0.1) is 0 Å². The Bertz CT molecular complexity index is 614. The average Bonchev–Trinajstić information content (AvgIpc) is 2.71. The highest BCUT2D eigenvalue weighted by Gasteiger charge is 2.28. The molecule has 156 valence electrons. The predicted molar refractivity (Wildman–Crippen MR) is 119 cm³/mol. The highest BCUT2D eigenvalue weighted by molar-refractivity contribution is 8.00. The number of aromatic nitrogens is 2. The molecular weight excluding hydrogens is 370 g/mol. The normalized spacial score (nSPS) is 21.0. The maximum Gasteiger partial charge on any atom is 0.225 e. The molecule has 1 N–H and O–H groups in total. The second-order valence-electron chi connectivity index (χ2n) is 8.00. The molecule has 3 heterocycles. The summed E-state index contributed by atoms with van der Waals surface area (Å²) in [6.07, 6.45) is 4.73. The van der Waals surface area contributed by atoms with Gasteiger partial charge in [-0.1, -0.05) is 0 Å². The summed E-state index contributed by atoms with van der Waals surface area (Å²) in [6.45, 7) is 16.0. The Morgan fingerprint density at radius 3 is 2.61 bits per heavy atom. The Morgan fingerprint density at radius 1 is 1.18 bits per heavy atom. The molecule has 0 spiro atoms. The van der Waals surface area contributed by atoms with Crippen LogP contribution < -0.4 is 10.2 Å². The molecule has 0 amide bonds. The van der Waals surface area contributed by atoms with Crippen molar-refractivity contribution in [3.8, 4) is 0 Å². The molecule has 0 unspecified atom stereocenters. The number of nitrogens with one attached hydrogen (secondary N) is 1. The van der Waals surface area contributed by atoms with Crippen molar-refractivity contribution in [2.75, 3.05) is 69.6 Å². The summed E-state index contributed by atoms with van der Waals surface area (Å²) < 4.78 is 0.302. The van der Waals surface area contributed by atoms with Crippen LogP contribution >= 0.6 is 11.8 Å². The molecular formula is C20H35N7S. The fourth-order valence-electron chi connectivity index (χ4n) is 3.73. The lowest BCUT2D eigenvalue weighted by atomic mass is 10.2. The number of nitrogens with zero attached hydrogens (tertiary/aromatic N) is 6. The molecule has 0 atom stereocenters. The molecule has 1 aromatic rings. The number of piperazine rings is 1. The molecule has 3 rings (SSSR count). The first-order valence-electron chi connectivity index (χ1n) is 10.5. The van der Waals surface area contributed by atoms with Gasteiger partial charge >= 0.3 is 0 Å². The van der Waals surface area contributed by atoms with Crippen LogP contribution in [0.4, 0.5) is 5.95 Å². The third-order valence-electron chi connectivity index (χ3n) is 5.16. The minimum Gasteiger partial charge on any atom is -0.357 e. The van der Waals surface area contributed by atoms with Crippen molar-refractivity contribution >= 4 is 23.7 Å². The Balaban J connectivity index is 1.41. The Morgan fingerprint density at radius 2 is 1.93 bits per heavy atom. The smallest absolute Gasteiger partial charge is 0.225 e. The maximum absolute atomic E-state index is 4.91. The lowest BCUT2D eigenvalue weighted by molar-refractivity contribution is 0.255. The standard InChI is InChI=1S/C20H35N7S/c1-4-21-18(27-15-16-28-20(2,3)17-27)24-9-6-10-25-11-13-26(14-12-25)19-22-7-5-8-23-19/h5,7-8H,4,6,9-17H2,1-3H3,(H,21,24). The number of guanidine groups is 1. The van der Waals surface area contributed by atoms with Crippen molar-refractivity contribution < 1.29 is 0 Å². The largest absolute Gasteiger partial charge is 0.357 e. The Kier molecular flexibility index (Phi) is 7.79. The minimum absolute atomic E-state index is 0.302. The van der Waals surface area contributed by atoms with Crippen molar-refractivity contribution in [2.45, 2.75) is 31.9 Å². The van der Waals surface area contributed by atoms with Crippen LogP contribution in [0.5, 0.6) is 0 Å². The van der Waals surface area contributed by atoms with Crippen molar-refractivity contribution in [1.29, 1.82) is 0 Å². The molecule has 0 bridgehead atoms.